The van der Waals surface area contributed by atoms with Crippen molar-refractivity contribution in [1.82, 2.24) is 9.66 Å². The standard InChI is InChI=1S/C30H28BrN3O5/c1-30(2,3)17-38-27-24(36-4)12-18(13-25(27)37-5)16-32-34-28(33-22-9-7-6-8-21(22)29(34)35)26-15-19-14-20(31)10-11-23(19)39-26/h6-16H,17H2,1-5H3. The largest absolute Gasteiger partial charge is 0.493 e. The highest BCUT2D eigenvalue weighted by Crippen LogP contribution is 2.39. The molecule has 0 atom stereocenters. The Morgan fingerprint density at radius 2 is 1.74 bits per heavy atom. The van der Waals surface area contributed by atoms with Crippen LogP contribution in [0, 0.1) is 5.41 Å². The molecule has 0 saturated carbocycles. The van der Waals surface area contributed by atoms with Gasteiger partial charge in [0.1, 0.15) is 5.58 Å². The van der Waals surface area contributed by atoms with Crippen LogP contribution in [0.5, 0.6) is 17.2 Å². The topological polar surface area (TPSA) is 88.1 Å². The molecule has 2 heterocycles. The van der Waals surface area contributed by atoms with Gasteiger partial charge in [0.2, 0.25) is 11.6 Å². The van der Waals surface area contributed by atoms with Crippen molar-refractivity contribution in [3.63, 3.8) is 0 Å². The first-order valence-corrected chi connectivity index (χ1v) is 13.1. The third kappa shape index (κ3) is 5.54. The van der Waals surface area contributed by atoms with E-state index < -0.39 is 0 Å². The van der Waals surface area contributed by atoms with Crippen LogP contribution in [0.1, 0.15) is 26.3 Å². The summed E-state index contributed by atoms with van der Waals surface area (Å²) in [6.07, 6.45) is 1.55. The lowest BCUT2D eigenvalue weighted by molar-refractivity contribution is 0.184. The van der Waals surface area contributed by atoms with E-state index in [1.165, 1.54) is 4.68 Å². The second kappa shape index (κ2) is 10.6. The number of nitrogens with zero attached hydrogens (tertiary/aromatic N) is 3. The zero-order valence-electron chi connectivity index (χ0n) is 22.3. The van der Waals surface area contributed by atoms with E-state index in [1.54, 1.807) is 50.8 Å². The maximum Gasteiger partial charge on any atom is 0.282 e. The van der Waals surface area contributed by atoms with Gasteiger partial charge in [-0.25, -0.2) is 4.98 Å². The second-order valence-electron chi connectivity index (χ2n) is 10.2. The highest BCUT2D eigenvalue weighted by molar-refractivity contribution is 9.10. The molecule has 0 aliphatic heterocycles. The summed E-state index contributed by atoms with van der Waals surface area (Å²) >= 11 is 3.49. The molecule has 0 N–H and O–H groups in total. The maximum atomic E-state index is 13.6. The van der Waals surface area contributed by atoms with Gasteiger partial charge in [-0.3, -0.25) is 4.79 Å². The van der Waals surface area contributed by atoms with Crippen LogP contribution in [0.25, 0.3) is 33.5 Å². The molecular weight excluding hydrogens is 562 g/mol. The Kier molecular flexibility index (Phi) is 7.18. The van der Waals surface area contributed by atoms with Gasteiger partial charge in [0.15, 0.2) is 17.3 Å². The number of fused-ring (bicyclic) bond motifs is 2. The molecule has 0 aliphatic rings. The van der Waals surface area contributed by atoms with Gasteiger partial charge in [-0.2, -0.15) is 9.78 Å². The molecule has 5 rings (SSSR count). The molecule has 39 heavy (non-hydrogen) atoms. The van der Waals surface area contributed by atoms with E-state index in [-0.39, 0.29) is 16.8 Å². The highest BCUT2D eigenvalue weighted by Gasteiger charge is 2.19. The van der Waals surface area contributed by atoms with Crippen molar-refractivity contribution >= 4 is 44.0 Å². The predicted molar refractivity (Wildman–Crippen MR) is 156 cm³/mol. The summed E-state index contributed by atoms with van der Waals surface area (Å²) in [5.41, 5.74) is 1.49. The number of furan rings is 1. The number of halogens is 1. The molecule has 5 aromatic rings. The minimum absolute atomic E-state index is 0.0520. The van der Waals surface area contributed by atoms with Gasteiger partial charge in [0, 0.05) is 15.4 Å². The molecular formula is C30H28BrN3O5. The fraction of sp³-hybridized carbons (Fsp3) is 0.233. The molecule has 8 nitrogen and oxygen atoms in total. The van der Waals surface area contributed by atoms with Crippen molar-refractivity contribution in [3.05, 3.63) is 81.1 Å². The SMILES string of the molecule is COc1cc(C=Nn2c(-c3cc4cc(Br)ccc4o3)nc3ccccc3c2=O)cc(OC)c1OCC(C)(C)C. The zero-order valence-corrected chi connectivity index (χ0v) is 23.9. The molecule has 3 aromatic carbocycles. The molecule has 0 aliphatic carbocycles. The molecule has 0 unspecified atom stereocenters. The number of rotatable bonds is 7. The lowest BCUT2D eigenvalue weighted by atomic mass is 9.99. The smallest absolute Gasteiger partial charge is 0.282 e. The molecule has 0 bridgehead atoms. The third-order valence-electron chi connectivity index (χ3n) is 5.91. The van der Waals surface area contributed by atoms with Crippen LogP contribution in [0.4, 0.5) is 0 Å². The van der Waals surface area contributed by atoms with Crippen LogP contribution in [-0.4, -0.2) is 36.7 Å². The molecule has 0 saturated heterocycles. The summed E-state index contributed by atoms with van der Waals surface area (Å²) in [6.45, 7) is 6.73. The average molecular weight is 590 g/mol. The van der Waals surface area contributed by atoms with E-state index in [2.05, 4.69) is 41.8 Å². The van der Waals surface area contributed by atoms with Crippen LogP contribution in [0.2, 0.25) is 0 Å². The molecule has 0 spiro atoms. The lowest BCUT2D eigenvalue weighted by Gasteiger charge is -2.21. The number of methoxy groups -OCH3 is 2. The van der Waals surface area contributed by atoms with Gasteiger partial charge >= 0.3 is 0 Å². The average Bonchev–Trinajstić information content (AvgIpc) is 3.33. The summed E-state index contributed by atoms with van der Waals surface area (Å²) < 4.78 is 25.5. The first kappa shape index (κ1) is 26.5. The fourth-order valence-corrected chi connectivity index (χ4v) is 4.42. The Labute approximate surface area is 234 Å². The number of ether oxygens (including phenoxy) is 3. The van der Waals surface area contributed by atoms with Gasteiger partial charge in [0.25, 0.3) is 5.56 Å². The third-order valence-corrected chi connectivity index (χ3v) is 6.40. The van der Waals surface area contributed by atoms with Gasteiger partial charge in [-0.15, -0.1) is 0 Å². The summed E-state index contributed by atoms with van der Waals surface area (Å²) in [7, 11) is 3.13. The normalized spacial score (nSPS) is 11.9. The van der Waals surface area contributed by atoms with E-state index >= 15 is 0 Å². The van der Waals surface area contributed by atoms with Gasteiger partial charge in [-0.1, -0.05) is 48.8 Å². The van der Waals surface area contributed by atoms with Crippen molar-refractivity contribution in [1.29, 1.82) is 0 Å². The Hall–Kier alpha value is -4.11. The lowest BCUT2D eigenvalue weighted by Crippen LogP contribution is -2.20. The monoisotopic (exact) mass is 589 g/mol. The predicted octanol–water partition coefficient (Wildman–Crippen LogP) is 6.90. The van der Waals surface area contributed by atoms with Crippen molar-refractivity contribution in [3.8, 4) is 28.8 Å². The zero-order chi connectivity index (χ0) is 27.7. The number of para-hydroxylation sites is 1. The molecule has 2 aromatic heterocycles. The van der Waals surface area contributed by atoms with Crippen LogP contribution in [0.15, 0.2) is 79.4 Å². The minimum Gasteiger partial charge on any atom is -0.493 e. The van der Waals surface area contributed by atoms with Crippen molar-refractivity contribution in [2.75, 3.05) is 20.8 Å². The highest BCUT2D eigenvalue weighted by atomic mass is 79.9. The van der Waals surface area contributed by atoms with Gasteiger partial charge < -0.3 is 18.6 Å². The molecule has 0 fully saturated rings. The van der Waals surface area contributed by atoms with E-state index in [0.717, 1.165) is 9.86 Å². The molecule has 0 radical (unpaired) electrons. The van der Waals surface area contributed by atoms with E-state index in [9.17, 15) is 4.79 Å². The Bertz CT molecular complexity index is 1740. The molecule has 200 valence electrons. The number of aromatic nitrogens is 2. The summed E-state index contributed by atoms with van der Waals surface area (Å²) in [5, 5.41) is 5.87. The van der Waals surface area contributed by atoms with Crippen molar-refractivity contribution < 1.29 is 18.6 Å². The first-order chi connectivity index (χ1) is 18.7. The van der Waals surface area contributed by atoms with Gasteiger partial charge in [0.05, 0.1) is 37.9 Å². The van der Waals surface area contributed by atoms with Crippen LogP contribution in [-0.2, 0) is 0 Å². The van der Waals surface area contributed by atoms with Crippen molar-refractivity contribution in [2.45, 2.75) is 20.8 Å². The second-order valence-corrected chi connectivity index (χ2v) is 11.1. The van der Waals surface area contributed by atoms with E-state index in [0.29, 0.717) is 51.7 Å². The summed E-state index contributed by atoms with van der Waals surface area (Å²) in [5.74, 6) is 2.19. The molecule has 9 heteroatoms. The quantitative estimate of drug-likeness (QED) is 0.192. The van der Waals surface area contributed by atoms with Crippen LogP contribution >= 0.6 is 15.9 Å². The number of hydrogen-bond donors (Lipinski definition) is 0. The first-order valence-electron chi connectivity index (χ1n) is 12.3. The van der Waals surface area contributed by atoms with E-state index in [4.69, 9.17) is 23.6 Å². The molecule has 0 amide bonds. The van der Waals surface area contributed by atoms with E-state index in [1.807, 2.05) is 30.3 Å². The van der Waals surface area contributed by atoms with Crippen LogP contribution in [0.3, 0.4) is 0 Å². The maximum absolute atomic E-state index is 13.6. The van der Waals surface area contributed by atoms with Crippen LogP contribution < -0.4 is 19.8 Å². The van der Waals surface area contributed by atoms with Crippen molar-refractivity contribution in [2.24, 2.45) is 10.5 Å². The number of benzene rings is 3. The summed E-state index contributed by atoms with van der Waals surface area (Å²) in [4.78, 5) is 18.3. The number of hydrogen-bond acceptors (Lipinski definition) is 7. The Morgan fingerprint density at radius 1 is 1.03 bits per heavy atom. The summed E-state index contributed by atoms with van der Waals surface area (Å²) in [6, 6.07) is 18.2. The van der Waals surface area contributed by atoms with Gasteiger partial charge in [-0.05, 0) is 53.9 Å². The Morgan fingerprint density at radius 3 is 2.44 bits per heavy atom. The fourth-order valence-electron chi connectivity index (χ4n) is 4.04. The Balaban J connectivity index is 1.63. The minimum atomic E-state index is -0.322.